The molecule has 1 saturated heterocycles. The maximum Gasteiger partial charge on any atom is 0.272 e. The Hall–Kier alpha value is -3.04. The average molecular weight is 556 g/mol. The summed E-state index contributed by atoms with van der Waals surface area (Å²) in [5, 5.41) is 8.54. The maximum atomic E-state index is 13.2. The average Bonchev–Trinajstić information content (AvgIpc) is 3.39. The van der Waals surface area contributed by atoms with Gasteiger partial charge in [-0.05, 0) is 85.8 Å². The lowest BCUT2D eigenvalue weighted by molar-refractivity contribution is 0.101. The first-order valence-electron chi connectivity index (χ1n) is 12.7. The summed E-state index contributed by atoms with van der Waals surface area (Å²) in [5.74, 6) is 1.44. The summed E-state index contributed by atoms with van der Waals surface area (Å²) in [7, 11) is 3.57. The van der Waals surface area contributed by atoms with Crippen LogP contribution in [0.5, 0.6) is 11.5 Å². The number of amides is 1. The number of carbonyl (C=O) groups excluding carboxylic acids is 1. The van der Waals surface area contributed by atoms with E-state index in [0.717, 1.165) is 65.2 Å². The fraction of sp³-hybridized carbons (Fsp3) is 0.345. The van der Waals surface area contributed by atoms with E-state index in [0.29, 0.717) is 24.6 Å². The minimum absolute atomic E-state index is 0. The lowest BCUT2D eigenvalue weighted by atomic mass is 10.1. The molecule has 0 aliphatic carbocycles. The first-order chi connectivity index (χ1) is 18.1. The van der Waals surface area contributed by atoms with Crippen LogP contribution >= 0.6 is 23.7 Å². The number of rotatable bonds is 9. The highest BCUT2D eigenvalue weighted by molar-refractivity contribution is 7.17. The summed E-state index contributed by atoms with van der Waals surface area (Å²) in [4.78, 5) is 13.2. The van der Waals surface area contributed by atoms with Gasteiger partial charge in [-0.15, -0.1) is 23.7 Å². The van der Waals surface area contributed by atoms with Crippen molar-refractivity contribution in [2.75, 3.05) is 25.5 Å². The zero-order chi connectivity index (χ0) is 25.6. The van der Waals surface area contributed by atoms with Gasteiger partial charge in [0.15, 0.2) is 0 Å². The van der Waals surface area contributed by atoms with E-state index in [1.54, 1.807) is 18.4 Å². The molecule has 1 aliphatic rings. The van der Waals surface area contributed by atoms with Gasteiger partial charge < -0.3 is 29.4 Å². The Morgan fingerprint density at radius 1 is 1.08 bits per heavy atom. The van der Waals surface area contributed by atoms with Crippen molar-refractivity contribution in [2.45, 2.75) is 38.6 Å². The van der Waals surface area contributed by atoms with Gasteiger partial charge in [0.2, 0.25) is 0 Å². The molecule has 2 aromatic heterocycles. The van der Waals surface area contributed by atoms with Crippen LogP contribution < -0.4 is 20.1 Å². The van der Waals surface area contributed by atoms with Crippen LogP contribution in [0.1, 0.15) is 40.9 Å². The second-order valence-corrected chi connectivity index (χ2v) is 10.2. The Bertz CT molecular complexity index is 1340. The van der Waals surface area contributed by atoms with Gasteiger partial charge in [-0.2, -0.15) is 0 Å². The molecule has 5 rings (SSSR count). The topological polar surface area (TPSA) is 73.8 Å². The number of halogens is 1. The minimum Gasteiger partial charge on any atom is -0.490 e. The Morgan fingerprint density at radius 2 is 1.89 bits per heavy atom. The number of nitrogens with one attached hydrogen (secondary N) is 2. The molecule has 1 amide bonds. The van der Waals surface area contributed by atoms with E-state index >= 15 is 0 Å². The van der Waals surface area contributed by atoms with Crippen molar-refractivity contribution in [1.29, 1.82) is 0 Å². The van der Waals surface area contributed by atoms with E-state index < -0.39 is 0 Å². The largest absolute Gasteiger partial charge is 0.490 e. The molecule has 0 bridgehead atoms. The normalized spacial score (nSPS) is 15.5. The minimum atomic E-state index is -0.156. The molecule has 9 heteroatoms. The lowest BCUT2D eigenvalue weighted by Gasteiger charge is -2.18. The third-order valence-electron chi connectivity index (χ3n) is 6.75. The predicted molar refractivity (Wildman–Crippen MR) is 155 cm³/mol. The molecule has 7 nitrogen and oxygen atoms in total. The molecule has 202 valence electrons. The van der Waals surface area contributed by atoms with Crippen LogP contribution in [0.25, 0.3) is 10.2 Å². The molecule has 1 atom stereocenters. The molecule has 0 saturated carbocycles. The first kappa shape index (κ1) is 28.0. The van der Waals surface area contributed by atoms with E-state index in [1.165, 1.54) is 0 Å². The molecule has 38 heavy (non-hydrogen) atoms. The molecule has 0 radical (unpaired) electrons. The fourth-order valence-electron chi connectivity index (χ4n) is 4.73. The highest BCUT2D eigenvalue weighted by Crippen LogP contribution is 2.28. The number of anilines is 1. The number of nitrogens with zero attached hydrogens (tertiary/aromatic N) is 1. The second-order valence-electron chi connectivity index (χ2n) is 9.27. The van der Waals surface area contributed by atoms with Crippen LogP contribution in [0.2, 0.25) is 0 Å². The van der Waals surface area contributed by atoms with Gasteiger partial charge in [0.25, 0.3) is 5.91 Å². The number of hydrogen-bond acceptors (Lipinski definition) is 6. The van der Waals surface area contributed by atoms with Gasteiger partial charge >= 0.3 is 0 Å². The number of aryl methyl sites for hydroxylation is 1. The lowest BCUT2D eigenvalue weighted by Crippen LogP contribution is -2.19. The fourth-order valence-corrected chi connectivity index (χ4v) is 5.58. The molecular weight excluding hydrogens is 522 g/mol. The van der Waals surface area contributed by atoms with Crippen LogP contribution in [-0.4, -0.2) is 36.8 Å². The van der Waals surface area contributed by atoms with Crippen molar-refractivity contribution < 1.29 is 19.0 Å². The predicted octanol–water partition coefficient (Wildman–Crippen LogP) is 6.16. The van der Waals surface area contributed by atoms with E-state index in [9.17, 15) is 4.79 Å². The number of hydrogen-bond donors (Lipinski definition) is 2. The van der Waals surface area contributed by atoms with Crippen LogP contribution in [0.4, 0.5) is 5.69 Å². The third-order valence-corrected chi connectivity index (χ3v) is 7.60. The maximum absolute atomic E-state index is 13.2. The molecule has 1 fully saturated rings. The molecule has 2 aromatic carbocycles. The monoisotopic (exact) mass is 555 g/mol. The summed E-state index contributed by atoms with van der Waals surface area (Å²) >= 11 is 1.63. The van der Waals surface area contributed by atoms with E-state index in [4.69, 9.17) is 14.2 Å². The number of benzene rings is 2. The highest BCUT2D eigenvalue weighted by atomic mass is 35.5. The Morgan fingerprint density at radius 3 is 2.68 bits per heavy atom. The number of methoxy groups -OCH3 is 1. The summed E-state index contributed by atoms with van der Waals surface area (Å²) in [6, 6.07) is 17.5. The van der Waals surface area contributed by atoms with Crippen LogP contribution in [-0.2, 0) is 25.0 Å². The van der Waals surface area contributed by atoms with Crippen molar-refractivity contribution in [3.8, 4) is 11.5 Å². The quantitative estimate of drug-likeness (QED) is 0.259. The molecule has 1 unspecified atom stereocenters. The van der Waals surface area contributed by atoms with Crippen LogP contribution in [0, 0.1) is 0 Å². The molecule has 1 aliphatic heterocycles. The Kier molecular flexibility index (Phi) is 9.69. The van der Waals surface area contributed by atoms with Crippen molar-refractivity contribution >= 4 is 45.6 Å². The van der Waals surface area contributed by atoms with Crippen molar-refractivity contribution in [3.63, 3.8) is 0 Å². The van der Waals surface area contributed by atoms with Gasteiger partial charge in [0, 0.05) is 25.4 Å². The summed E-state index contributed by atoms with van der Waals surface area (Å²) in [6.45, 7) is 2.77. The van der Waals surface area contributed by atoms with Crippen LogP contribution in [0.3, 0.4) is 0 Å². The summed E-state index contributed by atoms with van der Waals surface area (Å²) in [5.41, 5.74) is 4.24. The standard InChI is InChI=1S/C29H33N3O4S.ClH/c1-32-26-13-16-37-28(26)17-27(32)29(33)31-25-7-3-5-20(18-34-2)24(25)19-35-21-8-10-23(11-9-21)36-22-6-4-14-30-15-12-22;/h3,5,7-11,13,16-17,22,30H,4,6,12,14-15,18-19H2,1-2H3,(H,31,33);1H. The number of aromatic nitrogens is 1. The SMILES string of the molecule is COCc1cccc(NC(=O)c2cc3sccc3n2C)c1COc1ccc(OC2CCCNCC2)cc1.Cl. The van der Waals surface area contributed by atoms with Gasteiger partial charge in [0.05, 0.1) is 22.9 Å². The second kappa shape index (κ2) is 13.2. The smallest absolute Gasteiger partial charge is 0.272 e. The summed E-state index contributed by atoms with van der Waals surface area (Å²) in [6.07, 6.45) is 3.46. The number of ether oxygens (including phenoxy) is 3. The molecule has 0 spiro atoms. The zero-order valence-electron chi connectivity index (χ0n) is 21.7. The van der Waals surface area contributed by atoms with Crippen molar-refractivity contribution in [1.82, 2.24) is 9.88 Å². The first-order valence-corrected chi connectivity index (χ1v) is 13.5. The third kappa shape index (κ3) is 6.50. The zero-order valence-corrected chi connectivity index (χ0v) is 23.3. The van der Waals surface area contributed by atoms with E-state index in [-0.39, 0.29) is 24.4 Å². The molecule has 4 aromatic rings. The van der Waals surface area contributed by atoms with E-state index in [1.807, 2.05) is 71.6 Å². The van der Waals surface area contributed by atoms with Gasteiger partial charge in [0.1, 0.15) is 23.8 Å². The summed E-state index contributed by atoms with van der Waals surface area (Å²) < 4.78 is 20.8. The highest BCUT2D eigenvalue weighted by Gasteiger charge is 2.18. The number of fused-ring (bicyclic) bond motifs is 1. The van der Waals surface area contributed by atoms with E-state index in [2.05, 4.69) is 10.6 Å². The molecular formula is C29H34ClN3O4S. The molecule has 2 N–H and O–H groups in total. The Labute approximate surface area is 233 Å². The number of thiophene rings is 1. The number of carbonyl (C=O) groups is 1. The van der Waals surface area contributed by atoms with Crippen LogP contribution in [0.15, 0.2) is 60.0 Å². The Balaban J connectivity index is 0.00000336. The van der Waals surface area contributed by atoms with Gasteiger partial charge in [-0.1, -0.05) is 12.1 Å². The molecule has 3 heterocycles. The van der Waals surface area contributed by atoms with Crippen molar-refractivity contribution in [3.05, 3.63) is 76.8 Å². The van der Waals surface area contributed by atoms with Gasteiger partial charge in [-0.25, -0.2) is 0 Å². The van der Waals surface area contributed by atoms with Crippen molar-refractivity contribution in [2.24, 2.45) is 7.05 Å². The van der Waals surface area contributed by atoms with Gasteiger partial charge in [-0.3, -0.25) is 4.79 Å².